The Balaban J connectivity index is 2.24. The first-order valence-electron chi connectivity index (χ1n) is 5.94. The Morgan fingerprint density at radius 3 is 2.42 bits per heavy atom. The van der Waals surface area contributed by atoms with Crippen LogP contribution in [0.15, 0.2) is 30.3 Å². The summed E-state index contributed by atoms with van der Waals surface area (Å²) in [5, 5.41) is 0. The molecule has 0 saturated carbocycles. The van der Waals surface area contributed by atoms with E-state index in [1.807, 2.05) is 6.07 Å². The summed E-state index contributed by atoms with van der Waals surface area (Å²) in [5.41, 5.74) is 0.714. The number of rotatable bonds is 5. The zero-order chi connectivity index (χ0) is 13.9. The molecule has 1 fully saturated rings. The van der Waals surface area contributed by atoms with E-state index in [4.69, 9.17) is 4.74 Å². The third-order valence-corrected chi connectivity index (χ3v) is 5.77. The second-order valence-electron chi connectivity index (χ2n) is 4.50. The molecule has 104 valence electrons. The molecule has 0 amide bonds. The van der Waals surface area contributed by atoms with Crippen molar-refractivity contribution < 1.29 is 22.7 Å². The summed E-state index contributed by atoms with van der Waals surface area (Å²) in [6, 6.07) is 8.98. The molecule has 0 aromatic heterocycles. The molecule has 1 aromatic carbocycles. The summed E-state index contributed by atoms with van der Waals surface area (Å²) in [4.78, 5) is 11.1. The van der Waals surface area contributed by atoms with Crippen LogP contribution in [0, 0.1) is 0 Å². The molecule has 0 bridgehead atoms. The van der Waals surface area contributed by atoms with Crippen LogP contribution in [0.4, 0.5) is 0 Å². The van der Waals surface area contributed by atoms with E-state index in [1.54, 1.807) is 24.3 Å². The first kappa shape index (κ1) is 14.0. The Kier molecular flexibility index (Phi) is 3.91. The van der Waals surface area contributed by atoms with Crippen LogP contribution in [0.3, 0.4) is 0 Å². The third-order valence-electron chi connectivity index (χ3n) is 3.37. The second-order valence-corrected chi connectivity index (χ2v) is 6.92. The fourth-order valence-electron chi connectivity index (χ4n) is 2.07. The number of carbonyl (C=O) groups is 1. The molecular weight excluding hydrogens is 268 g/mol. The standard InChI is InChI=1S/C13H16O5S/c1-17-12(14)7-8-19(15,16)13(9-18-10-13)11-5-3-2-4-6-11/h2-6H,7-10H2,1H3. The normalized spacial score (nSPS) is 17.5. The molecule has 1 heterocycles. The largest absolute Gasteiger partial charge is 0.469 e. The van der Waals surface area contributed by atoms with Crippen LogP contribution in [0.25, 0.3) is 0 Å². The third kappa shape index (κ3) is 2.50. The van der Waals surface area contributed by atoms with Gasteiger partial charge < -0.3 is 9.47 Å². The van der Waals surface area contributed by atoms with Crippen molar-refractivity contribution in [3.8, 4) is 0 Å². The fourth-order valence-corrected chi connectivity index (χ4v) is 3.92. The van der Waals surface area contributed by atoms with Gasteiger partial charge in [0, 0.05) is 0 Å². The quantitative estimate of drug-likeness (QED) is 0.751. The molecule has 0 spiro atoms. The highest BCUT2D eigenvalue weighted by Gasteiger charge is 2.51. The predicted molar refractivity (Wildman–Crippen MR) is 69.4 cm³/mol. The number of esters is 1. The molecule has 19 heavy (non-hydrogen) atoms. The van der Waals surface area contributed by atoms with Crippen molar-refractivity contribution in [3.63, 3.8) is 0 Å². The van der Waals surface area contributed by atoms with Gasteiger partial charge in [0.15, 0.2) is 9.84 Å². The summed E-state index contributed by atoms with van der Waals surface area (Å²) in [5.74, 6) is -0.746. The first-order chi connectivity index (χ1) is 9.02. The van der Waals surface area contributed by atoms with Gasteiger partial charge in [-0.25, -0.2) is 8.42 Å². The van der Waals surface area contributed by atoms with Crippen molar-refractivity contribution in [2.75, 3.05) is 26.1 Å². The summed E-state index contributed by atoms with van der Waals surface area (Å²) < 4.78 is 33.5. The Bertz CT molecular complexity index is 546. The molecule has 0 aliphatic carbocycles. The van der Waals surface area contributed by atoms with Crippen LogP contribution in [0.2, 0.25) is 0 Å². The Labute approximate surface area is 112 Å². The van der Waals surface area contributed by atoms with Crippen LogP contribution >= 0.6 is 0 Å². The highest BCUT2D eigenvalue weighted by Crippen LogP contribution is 2.38. The molecule has 2 rings (SSSR count). The number of hydrogen-bond acceptors (Lipinski definition) is 5. The predicted octanol–water partition coefficient (Wildman–Crippen LogP) is 0.890. The average molecular weight is 284 g/mol. The van der Waals surface area contributed by atoms with Crippen molar-refractivity contribution >= 4 is 15.8 Å². The van der Waals surface area contributed by atoms with Crippen LogP contribution in [-0.4, -0.2) is 40.5 Å². The van der Waals surface area contributed by atoms with Gasteiger partial charge in [-0.3, -0.25) is 4.79 Å². The molecule has 0 N–H and O–H groups in total. The van der Waals surface area contributed by atoms with Gasteiger partial charge in [0.25, 0.3) is 0 Å². The second kappa shape index (κ2) is 5.30. The van der Waals surface area contributed by atoms with Gasteiger partial charge >= 0.3 is 5.97 Å². The molecule has 1 aliphatic rings. The van der Waals surface area contributed by atoms with E-state index in [9.17, 15) is 13.2 Å². The van der Waals surface area contributed by atoms with E-state index in [0.717, 1.165) is 0 Å². The Morgan fingerprint density at radius 1 is 1.32 bits per heavy atom. The highest BCUT2D eigenvalue weighted by atomic mass is 32.2. The summed E-state index contributed by atoms with van der Waals surface area (Å²) >= 11 is 0. The van der Waals surface area contributed by atoms with Crippen molar-refractivity contribution in [1.29, 1.82) is 0 Å². The number of carbonyl (C=O) groups excluding carboxylic acids is 1. The Morgan fingerprint density at radius 2 is 1.95 bits per heavy atom. The molecule has 0 radical (unpaired) electrons. The van der Waals surface area contributed by atoms with Gasteiger partial charge in [-0.1, -0.05) is 30.3 Å². The minimum atomic E-state index is -3.47. The lowest BCUT2D eigenvalue weighted by Gasteiger charge is -2.40. The lowest BCUT2D eigenvalue weighted by atomic mass is 9.96. The number of ether oxygens (including phenoxy) is 2. The van der Waals surface area contributed by atoms with Crippen molar-refractivity contribution in [2.45, 2.75) is 11.2 Å². The van der Waals surface area contributed by atoms with Gasteiger partial charge in [-0.05, 0) is 5.56 Å². The monoisotopic (exact) mass is 284 g/mol. The molecule has 0 unspecified atom stereocenters. The molecular formula is C13H16O5S. The average Bonchev–Trinajstić information content (AvgIpc) is 2.35. The topological polar surface area (TPSA) is 69.7 Å². The van der Waals surface area contributed by atoms with Crippen LogP contribution in [-0.2, 0) is 28.9 Å². The molecule has 6 heteroatoms. The minimum Gasteiger partial charge on any atom is -0.469 e. The zero-order valence-electron chi connectivity index (χ0n) is 10.7. The van der Waals surface area contributed by atoms with Crippen molar-refractivity contribution in [2.24, 2.45) is 0 Å². The summed E-state index contributed by atoms with van der Waals surface area (Å²) in [6.07, 6.45) is -0.132. The summed E-state index contributed by atoms with van der Waals surface area (Å²) in [6.45, 7) is 0.279. The van der Waals surface area contributed by atoms with Crippen LogP contribution in [0.5, 0.6) is 0 Å². The van der Waals surface area contributed by atoms with Crippen molar-refractivity contribution in [1.82, 2.24) is 0 Å². The molecule has 1 saturated heterocycles. The molecule has 1 aromatic rings. The minimum absolute atomic E-state index is 0.132. The fraction of sp³-hybridized carbons (Fsp3) is 0.462. The highest BCUT2D eigenvalue weighted by molar-refractivity contribution is 7.92. The van der Waals surface area contributed by atoms with E-state index in [1.165, 1.54) is 7.11 Å². The smallest absolute Gasteiger partial charge is 0.306 e. The lowest BCUT2D eigenvalue weighted by molar-refractivity contribution is -0.140. The first-order valence-corrected chi connectivity index (χ1v) is 7.59. The van der Waals surface area contributed by atoms with Gasteiger partial charge in [0.1, 0.15) is 4.75 Å². The van der Waals surface area contributed by atoms with Gasteiger partial charge in [-0.2, -0.15) is 0 Å². The number of hydrogen-bond donors (Lipinski definition) is 0. The SMILES string of the molecule is COC(=O)CCS(=O)(=O)C1(c2ccccc2)COC1. The van der Waals surface area contributed by atoms with Gasteiger partial charge in [-0.15, -0.1) is 0 Å². The maximum Gasteiger partial charge on any atom is 0.306 e. The van der Waals surface area contributed by atoms with E-state index in [0.29, 0.717) is 5.56 Å². The van der Waals surface area contributed by atoms with E-state index < -0.39 is 20.6 Å². The maximum atomic E-state index is 12.5. The maximum absolute atomic E-state index is 12.5. The van der Waals surface area contributed by atoms with E-state index in [2.05, 4.69) is 4.74 Å². The van der Waals surface area contributed by atoms with Crippen LogP contribution in [0.1, 0.15) is 12.0 Å². The van der Waals surface area contributed by atoms with E-state index in [-0.39, 0.29) is 25.4 Å². The van der Waals surface area contributed by atoms with E-state index >= 15 is 0 Å². The molecule has 0 atom stereocenters. The van der Waals surface area contributed by atoms with Crippen LogP contribution < -0.4 is 0 Å². The summed E-state index contributed by atoms with van der Waals surface area (Å²) in [7, 11) is -2.22. The zero-order valence-corrected chi connectivity index (χ0v) is 11.5. The van der Waals surface area contributed by atoms with Gasteiger partial charge in [0.05, 0.1) is 32.5 Å². The number of methoxy groups -OCH3 is 1. The number of sulfone groups is 1. The number of benzene rings is 1. The Hall–Kier alpha value is -1.40. The van der Waals surface area contributed by atoms with Gasteiger partial charge in [0.2, 0.25) is 0 Å². The van der Waals surface area contributed by atoms with Crippen molar-refractivity contribution in [3.05, 3.63) is 35.9 Å². The molecule has 5 nitrogen and oxygen atoms in total. The lowest BCUT2D eigenvalue weighted by Crippen LogP contribution is -2.53. The molecule has 1 aliphatic heterocycles.